The van der Waals surface area contributed by atoms with Crippen LogP contribution in [-0.2, 0) is 6.54 Å². The van der Waals surface area contributed by atoms with E-state index in [4.69, 9.17) is 12.2 Å². The summed E-state index contributed by atoms with van der Waals surface area (Å²) in [6, 6.07) is 17.1. The van der Waals surface area contributed by atoms with Gasteiger partial charge in [0.15, 0.2) is 5.11 Å². The van der Waals surface area contributed by atoms with Crippen molar-refractivity contribution in [3.63, 3.8) is 0 Å². The van der Waals surface area contributed by atoms with E-state index < -0.39 is 0 Å². The monoisotopic (exact) mass is 355 g/mol. The molecule has 0 aliphatic carbocycles. The van der Waals surface area contributed by atoms with Gasteiger partial charge >= 0.3 is 0 Å². The Morgan fingerprint density at radius 1 is 1.00 bits per heavy atom. The number of hydrogen-bond donors (Lipinski definition) is 1. The topological polar surface area (TPSA) is 18.5 Å². The van der Waals surface area contributed by atoms with Gasteiger partial charge in [-0.2, -0.15) is 0 Å². The number of nitrogens with zero attached hydrogens (tertiary/aromatic N) is 2. The fraction of sp³-hybridized carbons (Fsp3) is 0.381. The number of hydrogen-bond acceptors (Lipinski definition) is 2. The van der Waals surface area contributed by atoms with Crippen molar-refractivity contribution >= 4 is 28.7 Å². The quantitative estimate of drug-likeness (QED) is 0.727. The zero-order valence-electron chi connectivity index (χ0n) is 15.9. The fourth-order valence-corrected chi connectivity index (χ4v) is 2.91. The Morgan fingerprint density at radius 3 is 2.08 bits per heavy atom. The third-order valence-corrected chi connectivity index (χ3v) is 4.68. The van der Waals surface area contributed by atoms with E-state index in [1.807, 2.05) is 0 Å². The molecular weight excluding hydrogens is 326 g/mol. The second kappa shape index (κ2) is 8.86. The lowest BCUT2D eigenvalue weighted by atomic mass is 10.0. The van der Waals surface area contributed by atoms with Crippen molar-refractivity contribution < 1.29 is 0 Å². The van der Waals surface area contributed by atoms with Crippen LogP contribution in [0.15, 0.2) is 48.5 Å². The van der Waals surface area contributed by atoms with E-state index in [-0.39, 0.29) is 0 Å². The molecule has 0 atom stereocenters. The molecule has 0 radical (unpaired) electrons. The summed E-state index contributed by atoms with van der Waals surface area (Å²) in [5, 5.41) is 4.12. The Morgan fingerprint density at radius 2 is 1.60 bits per heavy atom. The second-order valence-corrected chi connectivity index (χ2v) is 7.17. The number of benzene rings is 2. The molecule has 1 N–H and O–H groups in total. The number of thiocarbonyl (C=S) groups is 1. The average molecular weight is 356 g/mol. The van der Waals surface area contributed by atoms with Gasteiger partial charge in [-0.15, -0.1) is 0 Å². The van der Waals surface area contributed by atoms with Gasteiger partial charge in [-0.1, -0.05) is 38.1 Å². The molecule has 0 saturated carbocycles. The third kappa shape index (κ3) is 5.46. The lowest BCUT2D eigenvalue weighted by Crippen LogP contribution is -2.34. The van der Waals surface area contributed by atoms with Gasteiger partial charge in [0.2, 0.25) is 0 Å². The summed E-state index contributed by atoms with van der Waals surface area (Å²) >= 11 is 5.61. The van der Waals surface area contributed by atoms with Gasteiger partial charge in [0.05, 0.1) is 0 Å². The molecule has 0 unspecified atom stereocenters. The summed E-state index contributed by atoms with van der Waals surface area (Å²) in [6.07, 6.45) is 0. The lowest BCUT2D eigenvalue weighted by Gasteiger charge is -2.25. The Bertz CT molecular complexity index is 675. The number of anilines is 2. The third-order valence-electron chi connectivity index (χ3n) is 4.32. The van der Waals surface area contributed by atoms with Crippen LogP contribution in [0.2, 0.25) is 0 Å². The molecule has 3 nitrogen and oxygen atoms in total. The van der Waals surface area contributed by atoms with Gasteiger partial charge < -0.3 is 15.1 Å². The number of nitrogens with one attached hydrogen (secondary N) is 1. The highest BCUT2D eigenvalue weighted by Gasteiger charge is 2.09. The van der Waals surface area contributed by atoms with Crippen LogP contribution in [0, 0.1) is 0 Å². The molecule has 134 valence electrons. The second-order valence-electron chi connectivity index (χ2n) is 6.78. The van der Waals surface area contributed by atoms with Crippen LogP contribution >= 0.6 is 12.2 Å². The maximum atomic E-state index is 5.61. The average Bonchev–Trinajstić information content (AvgIpc) is 2.60. The first-order valence-electron chi connectivity index (χ1n) is 8.82. The molecular formula is C21H29N3S. The number of rotatable bonds is 6. The summed E-state index contributed by atoms with van der Waals surface area (Å²) in [5.41, 5.74) is 4.84. The summed E-state index contributed by atoms with van der Waals surface area (Å²) in [6.45, 7) is 8.20. The van der Waals surface area contributed by atoms with E-state index in [0.29, 0.717) is 5.92 Å². The van der Waals surface area contributed by atoms with E-state index in [2.05, 4.69) is 98.5 Å². The molecule has 0 spiro atoms. The highest BCUT2D eigenvalue weighted by molar-refractivity contribution is 7.80. The minimum Gasteiger partial charge on any atom is -0.378 e. The molecule has 2 rings (SSSR count). The van der Waals surface area contributed by atoms with E-state index in [0.717, 1.165) is 23.9 Å². The Kier molecular flexibility index (Phi) is 6.82. The molecule has 0 fully saturated rings. The van der Waals surface area contributed by atoms with E-state index >= 15 is 0 Å². The maximum Gasteiger partial charge on any atom is 0.173 e. The zero-order valence-corrected chi connectivity index (χ0v) is 16.7. The van der Waals surface area contributed by atoms with Crippen molar-refractivity contribution in [2.75, 3.05) is 30.9 Å². The Balaban J connectivity index is 2.00. The molecule has 4 heteroatoms. The van der Waals surface area contributed by atoms with Gasteiger partial charge in [0, 0.05) is 38.6 Å². The van der Waals surface area contributed by atoms with E-state index in [1.54, 1.807) is 0 Å². The first-order chi connectivity index (χ1) is 11.9. The predicted molar refractivity (Wildman–Crippen MR) is 114 cm³/mol. The van der Waals surface area contributed by atoms with Gasteiger partial charge in [0.1, 0.15) is 0 Å². The minimum atomic E-state index is 0.540. The van der Waals surface area contributed by atoms with Gasteiger partial charge in [0.25, 0.3) is 0 Å². The zero-order chi connectivity index (χ0) is 18.4. The highest BCUT2D eigenvalue weighted by atomic mass is 32.1. The van der Waals surface area contributed by atoms with Gasteiger partial charge in [-0.25, -0.2) is 0 Å². The summed E-state index contributed by atoms with van der Waals surface area (Å²) in [4.78, 5) is 4.28. The summed E-state index contributed by atoms with van der Waals surface area (Å²) < 4.78 is 0. The van der Waals surface area contributed by atoms with Crippen LogP contribution < -0.4 is 10.2 Å². The molecule has 2 aromatic carbocycles. The molecule has 0 aromatic heterocycles. The lowest BCUT2D eigenvalue weighted by molar-refractivity contribution is 0.442. The smallest absolute Gasteiger partial charge is 0.173 e. The first-order valence-corrected chi connectivity index (χ1v) is 9.23. The fourth-order valence-electron chi connectivity index (χ4n) is 2.60. The molecule has 0 aliphatic heterocycles. The first kappa shape index (κ1) is 19.3. The normalized spacial score (nSPS) is 10.6. The van der Waals surface area contributed by atoms with Crippen molar-refractivity contribution in [1.29, 1.82) is 0 Å². The van der Waals surface area contributed by atoms with Crippen LogP contribution in [-0.4, -0.2) is 30.7 Å². The standard InChI is InChI=1S/C21H29N3S/c1-6-24(15-17-7-13-20(14-8-17)23(4)5)21(25)22-19-11-9-18(10-12-19)16(2)3/h7-14,16H,6,15H2,1-5H3,(H,22,25). The van der Waals surface area contributed by atoms with Crippen LogP contribution in [0.4, 0.5) is 11.4 Å². The van der Waals surface area contributed by atoms with Crippen molar-refractivity contribution in [2.45, 2.75) is 33.2 Å². The molecule has 0 amide bonds. The van der Waals surface area contributed by atoms with Crippen LogP contribution in [0.1, 0.15) is 37.8 Å². The molecule has 0 bridgehead atoms. The van der Waals surface area contributed by atoms with Crippen molar-refractivity contribution in [2.24, 2.45) is 0 Å². The molecule has 0 heterocycles. The molecule has 2 aromatic rings. The van der Waals surface area contributed by atoms with Crippen molar-refractivity contribution in [1.82, 2.24) is 4.90 Å². The van der Waals surface area contributed by atoms with Gasteiger partial charge in [-0.05, 0) is 60.5 Å². The van der Waals surface area contributed by atoms with Crippen LogP contribution in [0.5, 0.6) is 0 Å². The summed E-state index contributed by atoms with van der Waals surface area (Å²) in [5.74, 6) is 0.540. The SMILES string of the molecule is CCN(Cc1ccc(N(C)C)cc1)C(=S)Nc1ccc(C(C)C)cc1. The van der Waals surface area contributed by atoms with Crippen molar-refractivity contribution in [3.05, 3.63) is 59.7 Å². The molecule has 0 saturated heterocycles. The Labute approximate surface area is 157 Å². The maximum absolute atomic E-state index is 5.61. The summed E-state index contributed by atoms with van der Waals surface area (Å²) in [7, 11) is 4.11. The van der Waals surface area contributed by atoms with Gasteiger partial charge in [-0.3, -0.25) is 0 Å². The highest BCUT2D eigenvalue weighted by Crippen LogP contribution is 2.18. The van der Waals surface area contributed by atoms with Crippen LogP contribution in [0.3, 0.4) is 0 Å². The largest absolute Gasteiger partial charge is 0.378 e. The molecule has 25 heavy (non-hydrogen) atoms. The van der Waals surface area contributed by atoms with E-state index in [9.17, 15) is 0 Å². The minimum absolute atomic E-state index is 0.540. The van der Waals surface area contributed by atoms with Crippen LogP contribution in [0.25, 0.3) is 0 Å². The molecule has 0 aliphatic rings. The Hall–Kier alpha value is -2.07. The van der Waals surface area contributed by atoms with Crippen molar-refractivity contribution in [3.8, 4) is 0 Å². The van der Waals surface area contributed by atoms with E-state index in [1.165, 1.54) is 16.8 Å². The predicted octanol–water partition coefficient (Wildman–Crippen LogP) is 5.09.